The Morgan fingerprint density at radius 2 is 1.86 bits per heavy atom. The molecule has 0 atom stereocenters. The maximum atomic E-state index is 10.9. The van der Waals surface area contributed by atoms with Crippen LogP contribution in [0.15, 0.2) is 0 Å². The van der Waals surface area contributed by atoms with Gasteiger partial charge in [-0.25, -0.2) is 0 Å². The summed E-state index contributed by atoms with van der Waals surface area (Å²) in [4.78, 5) is 12.7. The van der Waals surface area contributed by atoms with Crippen molar-refractivity contribution in [1.82, 2.24) is 4.90 Å². The van der Waals surface area contributed by atoms with Gasteiger partial charge < -0.3 is 5.11 Å². The summed E-state index contributed by atoms with van der Waals surface area (Å²) in [5.41, 5.74) is -0.742. The Balaban J connectivity index is 0. The first kappa shape index (κ1) is 16.2. The Hall–Kier alpha value is -0.280. The number of carboxylic acids is 1. The van der Waals surface area contributed by atoms with Gasteiger partial charge in [-0.3, -0.25) is 9.69 Å². The number of rotatable bonds is 6. The second-order valence-corrected chi connectivity index (χ2v) is 3.99. The summed E-state index contributed by atoms with van der Waals surface area (Å²) in [5, 5.41) is 8.93. The zero-order chi connectivity index (χ0) is 10.5. The fourth-order valence-electron chi connectivity index (χ4n) is 1.04. The third kappa shape index (κ3) is 4.82. The predicted molar refractivity (Wildman–Crippen MR) is 61.1 cm³/mol. The molecule has 0 aliphatic heterocycles. The number of carboxylic acid groups (broad SMARTS) is 1. The SMILES string of the molecule is CCCCCN(C)C(C)(C)C(=O)O.Cl. The highest BCUT2D eigenvalue weighted by Gasteiger charge is 2.31. The fourth-order valence-corrected chi connectivity index (χ4v) is 1.04. The van der Waals surface area contributed by atoms with Gasteiger partial charge in [0.25, 0.3) is 0 Å². The number of hydrogen-bond donors (Lipinski definition) is 1. The topological polar surface area (TPSA) is 40.5 Å². The predicted octanol–water partition coefficient (Wildman–Crippen LogP) is 2.39. The van der Waals surface area contributed by atoms with E-state index in [1.165, 1.54) is 12.8 Å². The lowest BCUT2D eigenvalue weighted by Crippen LogP contribution is -2.48. The minimum Gasteiger partial charge on any atom is -0.480 e. The van der Waals surface area contributed by atoms with Crippen LogP contribution in [0, 0.1) is 0 Å². The minimum absolute atomic E-state index is 0. The van der Waals surface area contributed by atoms with E-state index in [-0.39, 0.29) is 12.4 Å². The van der Waals surface area contributed by atoms with E-state index in [0.29, 0.717) is 0 Å². The molecule has 0 amide bonds. The van der Waals surface area contributed by atoms with Gasteiger partial charge in [-0.1, -0.05) is 19.8 Å². The summed E-state index contributed by atoms with van der Waals surface area (Å²) in [5.74, 6) is -0.758. The van der Waals surface area contributed by atoms with Gasteiger partial charge in [-0.05, 0) is 33.9 Å². The van der Waals surface area contributed by atoms with Crippen LogP contribution in [-0.4, -0.2) is 35.1 Å². The monoisotopic (exact) mass is 223 g/mol. The van der Waals surface area contributed by atoms with E-state index in [4.69, 9.17) is 5.11 Å². The van der Waals surface area contributed by atoms with Crippen LogP contribution in [0.3, 0.4) is 0 Å². The molecule has 0 bridgehead atoms. The number of hydrogen-bond acceptors (Lipinski definition) is 2. The Morgan fingerprint density at radius 3 is 2.21 bits per heavy atom. The van der Waals surface area contributed by atoms with Crippen molar-refractivity contribution in [3.05, 3.63) is 0 Å². The van der Waals surface area contributed by atoms with E-state index < -0.39 is 11.5 Å². The van der Waals surface area contributed by atoms with Crippen LogP contribution in [0.2, 0.25) is 0 Å². The molecule has 0 fully saturated rings. The highest BCUT2D eigenvalue weighted by Crippen LogP contribution is 2.13. The molecule has 0 aromatic rings. The Kier molecular flexibility index (Phi) is 8.16. The van der Waals surface area contributed by atoms with Gasteiger partial charge in [0.05, 0.1) is 0 Å². The van der Waals surface area contributed by atoms with Crippen molar-refractivity contribution in [2.75, 3.05) is 13.6 Å². The molecule has 0 spiro atoms. The number of likely N-dealkylation sites (N-methyl/N-ethyl adjacent to an activating group) is 1. The van der Waals surface area contributed by atoms with E-state index in [9.17, 15) is 4.79 Å². The molecule has 1 N–H and O–H groups in total. The average Bonchev–Trinajstić information content (AvgIpc) is 2.04. The van der Waals surface area contributed by atoms with Gasteiger partial charge in [-0.15, -0.1) is 12.4 Å². The summed E-state index contributed by atoms with van der Waals surface area (Å²) in [7, 11) is 1.86. The van der Waals surface area contributed by atoms with Crippen molar-refractivity contribution in [3.63, 3.8) is 0 Å². The van der Waals surface area contributed by atoms with E-state index in [0.717, 1.165) is 13.0 Å². The van der Waals surface area contributed by atoms with Crippen molar-refractivity contribution in [2.45, 2.75) is 45.6 Å². The van der Waals surface area contributed by atoms with Crippen LogP contribution in [0.25, 0.3) is 0 Å². The van der Waals surface area contributed by atoms with Crippen LogP contribution < -0.4 is 0 Å². The summed E-state index contributed by atoms with van der Waals surface area (Å²) in [6.07, 6.45) is 3.41. The second kappa shape index (κ2) is 7.07. The van der Waals surface area contributed by atoms with Crippen molar-refractivity contribution in [3.8, 4) is 0 Å². The molecule has 4 heteroatoms. The molecule has 0 aliphatic rings. The van der Waals surface area contributed by atoms with Crippen LogP contribution in [0.1, 0.15) is 40.0 Å². The highest BCUT2D eigenvalue weighted by molar-refractivity contribution is 5.85. The lowest BCUT2D eigenvalue weighted by molar-refractivity contribution is -0.148. The number of carbonyl (C=O) groups is 1. The lowest BCUT2D eigenvalue weighted by atomic mass is 10.0. The molecule has 14 heavy (non-hydrogen) atoms. The summed E-state index contributed by atoms with van der Waals surface area (Å²) < 4.78 is 0. The van der Waals surface area contributed by atoms with Crippen molar-refractivity contribution >= 4 is 18.4 Å². The van der Waals surface area contributed by atoms with Gasteiger partial charge in [-0.2, -0.15) is 0 Å². The smallest absolute Gasteiger partial charge is 0.323 e. The largest absolute Gasteiger partial charge is 0.480 e. The normalized spacial score (nSPS) is 11.2. The molecule has 0 aromatic heterocycles. The molecule has 0 rings (SSSR count). The van der Waals surface area contributed by atoms with Crippen LogP contribution in [0.4, 0.5) is 0 Å². The van der Waals surface area contributed by atoms with Gasteiger partial charge in [0.15, 0.2) is 0 Å². The van der Waals surface area contributed by atoms with Crippen molar-refractivity contribution < 1.29 is 9.90 Å². The second-order valence-electron chi connectivity index (χ2n) is 3.99. The lowest BCUT2D eigenvalue weighted by Gasteiger charge is -2.31. The zero-order valence-corrected chi connectivity index (χ0v) is 10.4. The molecule has 3 nitrogen and oxygen atoms in total. The van der Waals surface area contributed by atoms with Crippen molar-refractivity contribution in [1.29, 1.82) is 0 Å². The first-order valence-corrected chi connectivity index (χ1v) is 4.87. The highest BCUT2D eigenvalue weighted by atomic mass is 35.5. The summed E-state index contributed by atoms with van der Waals surface area (Å²) in [6, 6.07) is 0. The molecule has 0 saturated heterocycles. The first-order valence-electron chi connectivity index (χ1n) is 4.87. The Morgan fingerprint density at radius 1 is 1.36 bits per heavy atom. The molecule has 0 aromatic carbocycles. The van der Waals surface area contributed by atoms with E-state index in [1.807, 2.05) is 11.9 Å². The molecule has 0 saturated carbocycles. The number of unbranched alkanes of at least 4 members (excludes halogenated alkanes) is 2. The quantitative estimate of drug-likeness (QED) is 0.703. The fraction of sp³-hybridized carbons (Fsp3) is 0.900. The first-order chi connectivity index (χ1) is 5.92. The molecular weight excluding hydrogens is 202 g/mol. The number of halogens is 1. The van der Waals surface area contributed by atoms with E-state index in [1.54, 1.807) is 13.8 Å². The standard InChI is InChI=1S/C10H21NO2.ClH/c1-5-6-7-8-11(4)10(2,3)9(12)13;/h5-8H2,1-4H3,(H,12,13);1H. The maximum absolute atomic E-state index is 10.9. The minimum atomic E-state index is -0.758. The van der Waals surface area contributed by atoms with Crippen LogP contribution >= 0.6 is 12.4 Å². The number of aliphatic carboxylic acids is 1. The summed E-state index contributed by atoms with van der Waals surface area (Å²) in [6.45, 7) is 6.47. The molecule has 0 aliphatic carbocycles. The maximum Gasteiger partial charge on any atom is 0.323 e. The van der Waals surface area contributed by atoms with Crippen LogP contribution in [0.5, 0.6) is 0 Å². The molecule has 0 heterocycles. The van der Waals surface area contributed by atoms with Gasteiger partial charge in [0.2, 0.25) is 0 Å². The molecule has 0 radical (unpaired) electrons. The molecule has 0 unspecified atom stereocenters. The Labute approximate surface area is 92.9 Å². The summed E-state index contributed by atoms with van der Waals surface area (Å²) >= 11 is 0. The number of nitrogens with zero attached hydrogens (tertiary/aromatic N) is 1. The zero-order valence-electron chi connectivity index (χ0n) is 9.54. The van der Waals surface area contributed by atoms with E-state index in [2.05, 4.69) is 6.92 Å². The van der Waals surface area contributed by atoms with Gasteiger partial charge in [0, 0.05) is 0 Å². The molecule has 86 valence electrons. The molecular formula is C10H22ClNO2. The third-order valence-corrected chi connectivity index (χ3v) is 2.57. The van der Waals surface area contributed by atoms with Crippen LogP contribution in [-0.2, 0) is 4.79 Å². The Bertz CT molecular complexity index is 172. The van der Waals surface area contributed by atoms with E-state index >= 15 is 0 Å². The van der Waals surface area contributed by atoms with Gasteiger partial charge in [0.1, 0.15) is 5.54 Å². The average molecular weight is 224 g/mol. The van der Waals surface area contributed by atoms with Crippen molar-refractivity contribution in [2.24, 2.45) is 0 Å². The van der Waals surface area contributed by atoms with Gasteiger partial charge >= 0.3 is 5.97 Å². The third-order valence-electron chi connectivity index (χ3n) is 2.57.